The van der Waals surface area contributed by atoms with Crippen molar-refractivity contribution < 1.29 is 13.2 Å². The second kappa shape index (κ2) is 5.89. The van der Waals surface area contributed by atoms with Crippen molar-refractivity contribution in [2.45, 2.75) is 18.9 Å². The highest BCUT2D eigenvalue weighted by atomic mass is 19.1. The highest BCUT2D eigenvalue weighted by Gasteiger charge is 2.08. The van der Waals surface area contributed by atoms with E-state index in [9.17, 15) is 13.2 Å². The number of hydrogen-bond donors (Lipinski definition) is 1. The topological polar surface area (TPSA) is 26.0 Å². The molecule has 0 saturated carbocycles. The van der Waals surface area contributed by atoms with E-state index < -0.39 is 11.6 Å². The molecule has 0 fully saturated rings. The summed E-state index contributed by atoms with van der Waals surface area (Å²) in [5.74, 6) is -1.52. The molecule has 2 N–H and O–H groups in total. The Morgan fingerprint density at radius 1 is 0.737 bits per heavy atom. The molecule has 0 bridgehead atoms. The number of halogens is 3. The minimum atomic E-state index is -0.607. The van der Waals surface area contributed by atoms with Gasteiger partial charge in [0.1, 0.15) is 17.5 Å². The van der Waals surface area contributed by atoms with Crippen molar-refractivity contribution in [1.82, 2.24) is 0 Å². The van der Waals surface area contributed by atoms with Crippen molar-refractivity contribution in [2.75, 3.05) is 0 Å². The molecule has 2 aromatic rings. The van der Waals surface area contributed by atoms with E-state index in [0.717, 1.165) is 11.6 Å². The lowest BCUT2D eigenvalue weighted by atomic mass is 9.99. The van der Waals surface area contributed by atoms with Crippen LogP contribution >= 0.6 is 0 Å². The molecule has 1 nitrogen and oxygen atoms in total. The molecule has 1 unspecified atom stereocenters. The second-order valence-electron chi connectivity index (χ2n) is 4.57. The summed E-state index contributed by atoms with van der Waals surface area (Å²) in [7, 11) is 0. The van der Waals surface area contributed by atoms with E-state index in [1.165, 1.54) is 24.3 Å². The van der Waals surface area contributed by atoms with Crippen molar-refractivity contribution in [3.05, 3.63) is 71.0 Å². The molecule has 4 heteroatoms. The Morgan fingerprint density at radius 3 is 1.84 bits per heavy atom. The van der Waals surface area contributed by atoms with Crippen molar-refractivity contribution >= 4 is 0 Å². The van der Waals surface area contributed by atoms with E-state index in [2.05, 4.69) is 0 Å². The van der Waals surface area contributed by atoms with Crippen LogP contribution < -0.4 is 5.73 Å². The average Bonchev–Trinajstić information content (AvgIpc) is 2.30. The third kappa shape index (κ3) is 4.10. The van der Waals surface area contributed by atoms with Crippen molar-refractivity contribution in [1.29, 1.82) is 0 Å². The standard InChI is InChI=1S/C15H14F3N/c16-12-3-1-10(2-4-12)7-15(19)8-11-5-13(17)9-14(18)6-11/h1-6,9,15H,7-8,19H2. The summed E-state index contributed by atoms with van der Waals surface area (Å²) in [5, 5.41) is 0. The van der Waals surface area contributed by atoms with E-state index in [1.54, 1.807) is 12.1 Å². The quantitative estimate of drug-likeness (QED) is 0.902. The van der Waals surface area contributed by atoms with Gasteiger partial charge in [-0.05, 0) is 48.2 Å². The van der Waals surface area contributed by atoms with Gasteiger partial charge in [-0.15, -0.1) is 0 Å². The molecule has 2 rings (SSSR count). The van der Waals surface area contributed by atoms with Crippen LogP contribution in [0.4, 0.5) is 13.2 Å². The fraction of sp³-hybridized carbons (Fsp3) is 0.200. The van der Waals surface area contributed by atoms with Crippen molar-refractivity contribution in [2.24, 2.45) is 5.73 Å². The van der Waals surface area contributed by atoms with E-state index in [-0.39, 0.29) is 11.9 Å². The molecule has 0 saturated heterocycles. The molecule has 0 heterocycles. The minimum Gasteiger partial charge on any atom is -0.327 e. The Kier molecular flexibility index (Phi) is 4.22. The van der Waals surface area contributed by atoms with Crippen LogP contribution in [0.25, 0.3) is 0 Å². The second-order valence-corrected chi connectivity index (χ2v) is 4.57. The molecule has 0 aliphatic rings. The molecule has 0 amide bonds. The fourth-order valence-electron chi connectivity index (χ4n) is 2.03. The number of hydrogen-bond acceptors (Lipinski definition) is 1. The molecule has 100 valence electrons. The van der Waals surface area contributed by atoms with Gasteiger partial charge in [-0.25, -0.2) is 13.2 Å². The third-order valence-electron chi connectivity index (χ3n) is 2.83. The highest BCUT2D eigenvalue weighted by Crippen LogP contribution is 2.12. The SMILES string of the molecule is NC(Cc1ccc(F)cc1)Cc1cc(F)cc(F)c1. The summed E-state index contributed by atoms with van der Waals surface area (Å²) in [6.45, 7) is 0. The van der Waals surface area contributed by atoms with E-state index in [4.69, 9.17) is 5.73 Å². The first kappa shape index (κ1) is 13.6. The van der Waals surface area contributed by atoms with Gasteiger partial charge < -0.3 is 5.73 Å². The monoisotopic (exact) mass is 265 g/mol. The lowest BCUT2D eigenvalue weighted by Gasteiger charge is -2.12. The van der Waals surface area contributed by atoms with Gasteiger partial charge in [0.2, 0.25) is 0 Å². The Hall–Kier alpha value is -1.81. The zero-order valence-electron chi connectivity index (χ0n) is 10.2. The van der Waals surface area contributed by atoms with E-state index in [1.807, 2.05) is 0 Å². The summed E-state index contributed by atoms with van der Waals surface area (Å²) >= 11 is 0. The Bertz CT molecular complexity index is 532. The Labute approximate surface area is 109 Å². The molecule has 0 radical (unpaired) electrons. The summed E-state index contributed by atoms with van der Waals surface area (Å²) < 4.78 is 38.8. The summed E-state index contributed by atoms with van der Waals surface area (Å²) in [4.78, 5) is 0. The maximum absolute atomic E-state index is 13.0. The van der Waals surface area contributed by atoms with Crippen molar-refractivity contribution in [3.63, 3.8) is 0 Å². The highest BCUT2D eigenvalue weighted by molar-refractivity contribution is 5.21. The van der Waals surface area contributed by atoms with Crippen LogP contribution in [-0.4, -0.2) is 6.04 Å². The number of nitrogens with two attached hydrogens (primary N) is 1. The van der Waals surface area contributed by atoms with Gasteiger partial charge in [0.25, 0.3) is 0 Å². The molecule has 19 heavy (non-hydrogen) atoms. The molecular weight excluding hydrogens is 251 g/mol. The van der Waals surface area contributed by atoms with Crippen LogP contribution in [0.2, 0.25) is 0 Å². The predicted molar refractivity (Wildman–Crippen MR) is 68.1 cm³/mol. The van der Waals surface area contributed by atoms with Gasteiger partial charge >= 0.3 is 0 Å². The van der Waals surface area contributed by atoms with E-state index in [0.29, 0.717) is 18.4 Å². The van der Waals surface area contributed by atoms with Crippen LogP contribution in [-0.2, 0) is 12.8 Å². The van der Waals surface area contributed by atoms with Gasteiger partial charge in [0.15, 0.2) is 0 Å². The average molecular weight is 265 g/mol. The zero-order valence-corrected chi connectivity index (χ0v) is 10.2. The summed E-state index contributed by atoms with van der Waals surface area (Å²) in [6, 6.07) is 9.14. The summed E-state index contributed by atoms with van der Waals surface area (Å²) in [6.07, 6.45) is 0.893. The molecule has 0 aliphatic heterocycles. The molecule has 0 aromatic heterocycles. The minimum absolute atomic E-state index is 0.272. The normalized spacial score (nSPS) is 12.4. The van der Waals surface area contributed by atoms with Crippen molar-refractivity contribution in [3.8, 4) is 0 Å². The first-order valence-electron chi connectivity index (χ1n) is 5.98. The van der Waals surface area contributed by atoms with Gasteiger partial charge in [0.05, 0.1) is 0 Å². The van der Waals surface area contributed by atoms with Crippen LogP contribution in [0, 0.1) is 17.5 Å². The van der Waals surface area contributed by atoms with Gasteiger partial charge in [-0.1, -0.05) is 12.1 Å². The molecule has 0 aliphatic carbocycles. The number of benzene rings is 2. The Balaban J connectivity index is 2.00. The summed E-state index contributed by atoms with van der Waals surface area (Å²) in [5.41, 5.74) is 7.35. The zero-order chi connectivity index (χ0) is 13.8. The van der Waals surface area contributed by atoms with Gasteiger partial charge in [-0.2, -0.15) is 0 Å². The predicted octanol–water partition coefficient (Wildman–Crippen LogP) is 3.22. The third-order valence-corrected chi connectivity index (χ3v) is 2.83. The maximum Gasteiger partial charge on any atom is 0.126 e. The first-order valence-corrected chi connectivity index (χ1v) is 5.98. The fourth-order valence-corrected chi connectivity index (χ4v) is 2.03. The van der Waals surface area contributed by atoms with E-state index >= 15 is 0 Å². The van der Waals surface area contributed by atoms with Crippen LogP contribution in [0.1, 0.15) is 11.1 Å². The molecule has 1 atom stereocenters. The molecule has 0 spiro atoms. The lowest BCUT2D eigenvalue weighted by molar-refractivity contribution is 0.574. The molecule has 2 aromatic carbocycles. The lowest BCUT2D eigenvalue weighted by Crippen LogP contribution is -2.25. The number of rotatable bonds is 4. The first-order chi connectivity index (χ1) is 9.02. The maximum atomic E-state index is 13.0. The van der Waals surface area contributed by atoms with Crippen LogP contribution in [0.5, 0.6) is 0 Å². The largest absolute Gasteiger partial charge is 0.327 e. The Morgan fingerprint density at radius 2 is 1.26 bits per heavy atom. The molecular formula is C15H14F3N. The van der Waals surface area contributed by atoms with Crippen LogP contribution in [0.15, 0.2) is 42.5 Å². The van der Waals surface area contributed by atoms with Gasteiger partial charge in [0, 0.05) is 12.1 Å². The van der Waals surface area contributed by atoms with Gasteiger partial charge in [-0.3, -0.25) is 0 Å². The van der Waals surface area contributed by atoms with Crippen LogP contribution in [0.3, 0.4) is 0 Å². The smallest absolute Gasteiger partial charge is 0.126 e.